The summed E-state index contributed by atoms with van der Waals surface area (Å²) in [5, 5.41) is 2.89. The third-order valence-corrected chi connectivity index (χ3v) is 4.31. The van der Waals surface area contributed by atoms with Gasteiger partial charge in [-0.3, -0.25) is 9.78 Å². The van der Waals surface area contributed by atoms with Gasteiger partial charge >= 0.3 is 0 Å². The van der Waals surface area contributed by atoms with Gasteiger partial charge in [0.1, 0.15) is 18.1 Å². The molecule has 0 aliphatic rings. The molecule has 148 valence electrons. The molecule has 1 amide bonds. The Bertz CT molecular complexity index is 938. The second-order valence-electron chi connectivity index (χ2n) is 6.36. The van der Waals surface area contributed by atoms with E-state index in [0.29, 0.717) is 19.6 Å². The zero-order valence-electron chi connectivity index (χ0n) is 16.4. The maximum atomic E-state index is 12.0. The second kappa shape index (κ2) is 10.7. The average Bonchev–Trinajstić information content (AvgIpc) is 2.78. The van der Waals surface area contributed by atoms with Crippen molar-refractivity contribution in [3.8, 4) is 11.5 Å². The molecule has 5 heteroatoms. The minimum Gasteiger partial charge on any atom is -0.496 e. The molecule has 0 atom stereocenters. The molecule has 5 nitrogen and oxygen atoms in total. The summed E-state index contributed by atoms with van der Waals surface area (Å²) in [6.07, 6.45) is 5.77. The third kappa shape index (κ3) is 6.50. The zero-order valence-corrected chi connectivity index (χ0v) is 16.4. The Labute approximate surface area is 171 Å². The maximum Gasteiger partial charge on any atom is 0.244 e. The summed E-state index contributed by atoms with van der Waals surface area (Å²) >= 11 is 0. The van der Waals surface area contributed by atoms with E-state index < -0.39 is 0 Å². The number of hydrogen-bond acceptors (Lipinski definition) is 4. The van der Waals surface area contributed by atoms with Crippen molar-refractivity contribution < 1.29 is 14.3 Å². The smallest absolute Gasteiger partial charge is 0.244 e. The van der Waals surface area contributed by atoms with Crippen LogP contribution in [-0.4, -0.2) is 24.5 Å². The normalized spacial score (nSPS) is 10.7. The zero-order chi connectivity index (χ0) is 20.3. The predicted molar refractivity (Wildman–Crippen MR) is 114 cm³/mol. The van der Waals surface area contributed by atoms with Gasteiger partial charge in [-0.25, -0.2) is 0 Å². The molecule has 0 bridgehead atoms. The molecule has 0 saturated heterocycles. The van der Waals surface area contributed by atoms with Gasteiger partial charge in [0.25, 0.3) is 0 Å². The van der Waals surface area contributed by atoms with Crippen LogP contribution in [0.15, 0.2) is 79.0 Å². The lowest BCUT2D eigenvalue weighted by Gasteiger charge is -2.08. The van der Waals surface area contributed by atoms with Gasteiger partial charge in [0.05, 0.1) is 12.8 Å². The van der Waals surface area contributed by atoms with Crippen molar-refractivity contribution in [2.24, 2.45) is 0 Å². The maximum absolute atomic E-state index is 12.0. The van der Waals surface area contributed by atoms with Crippen LogP contribution in [0.4, 0.5) is 0 Å². The fraction of sp³-hybridized carbons (Fsp3) is 0.167. The van der Waals surface area contributed by atoms with Crippen LogP contribution in [0.25, 0.3) is 6.08 Å². The Morgan fingerprint density at radius 2 is 1.83 bits per heavy atom. The molecule has 0 unspecified atom stereocenters. The first-order valence-corrected chi connectivity index (χ1v) is 9.45. The number of methoxy groups -OCH3 is 1. The minimum atomic E-state index is -0.129. The number of carbonyl (C=O) groups excluding carboxylic acids is 1. The molecule has 1 N–H and O–H groups in total. The molecule has 0 spiro atoms. The topological polar surface area (TPSA) is 60.5 Å². The molecule has 3 aromatic rings. The lowest BCUT2D eigenvalue weighted by atomic mass is 10.1. The second-order valence-corrected chi connectivity index (χ2v) is 6.36. The lowest BCUT2D eigenvalue weighted by molar-refractivity contribution is -0.116. The first-order valence-electron chi connectivity index (χ1n) is 9.45. The van der Waals surface area contributed by atoms with Gasteiger partial charge in [-0.2, -0.15) is 0 Å². The molecule has 3 rings (SSSR count). The van der Waals surface area contributed by atoms with Gasteiger partial charge in [-0.05, 0) is 54.0 Å². The van der Waals surface area contributed by atoms with Crippen LogP contribution in [0.5, 0.6) is 11.5 Å². The number of aromatic nitrogens is 1. The standard InChI is InChI=1S/C24H24N2O3/c1-28-23-8-3-2-6-20(23)15-17-26-24(27)14-11-19-9-12-22(13-10-19)29-18-21-7-4-5-16-25-21/h2-14,16H,15,17-18H2,1H3,(H,26,27)/b14-11+. The Hall–Kier alpha value is -3.60. The van der Waals surface area contributed by atoms with E-state index in [2.05, 4.69) is 10.3 Å². The van der Waals surface area contributed by atoms with Crippen molar-refractivity contribution in [2.45, 2.75) is 13.0 Å². The minimum absolute atomic E-state index is 0.129. The first kappa shape index (κ1) is 20.1. The average molecular weight is 388 g/mol. The number of pyridine rings is 1. The number of nitrogens with one attached hydrogen (secondary N) is 1. The number of benzene rings is 2. The van der Waals surface area contributed by atoms with Crippen molar-refractivity contribution in [2.75, 3.05) is 13.7 Å². The first-order chi connectivity index (χ1) is 14.2. The molecule has 0 saturated carbocycles. The third-order valence-electron chi connectivity index (χ3n) is 4.31. The van der Waals surface area contributed by atoms with E-state index in [4.69, 9.17) is 9.47 Å². The highest BCUT2D eigenvalue weighted by atomic mass is 16.5. The number of nitrogens with zero attached hydrogens (tertiary/aromatic N) is 1. The monoisotopic (exact) mass is 388 g/mol. The van der Waals surface area contributed by atoms with Crippen molar-refractivity contribution in [1.29, 1.82) is 0 Å². The van der Waals surface area contributed by atoms with Gasteiger partial charge in [-0.1, -0.05) is 36.4 Å². The highest BCUT2D eigenvalue weighted by Crippen LogP contribution is 2.17. The van der Waals surface area contributed by atoms with E-state index in [1.807, 2.05) is 66.7 Å². The number of carbonyl (C=O) groups is 1. The van der Waals surface area contributed by atoms with Gasteiger partial charge in [-0.15, -0.1) is 0 Å². The predicted octanol–water partition coefficient (Wildman–Crippen LogP) is 4.04. The van der Waals surface area contributed by atoms with Gasteiger partial charge in [0, 0.05) is 18.8 Å². The lowest BCUT2D eigenvalue weighted by Crippen LogP contribution is -2.23. The summed E-state index contributed by atoms with van der Waals surface area (Å²) < 4.78 is 11.0. The number of hydrogen-bond donors (Lipinski definition) is 1. The van der Waals surface area contributed by atoms with E-state index in [9.17, 15) is 4.79 Å². The summed E-state index contributed by atoms with van der Waals surface area (Å²) in [7, 11) is 1.65. The Morgan fingerprint density at radius 1 is 1.03 bits per heavy atom. The molecular formula is C24H24N2O3. The van der Waals surface area contributed by atoms with Crippen molar-refractivity contribution >= 4 is 12.0 Å². The molecule has 1 aromatic heterocycles. The van der Waals surface area contributed by atoms with Crippen LogP contribution >= 0.6 is 0 Å². The molecular weight excluding hydrogens is 364 g/mol. The highest BCUT2D eigenvalue weighted by Gasteiger charge is 2.02. The Morgan fingerprint density at radius 3 is 2.59 bits per heavy atom. The van der Waals surface area contributed by atoms with E-state index in [1.54, 1.807) is 19.4 Å². The van der Waals surface area contributed by atoms with E-state index in [0.717, 1.165) is 28.3 Å². The Kier molecular flexibility index (Phi) is 7.41. The number of rotatable bonds is 9. The quantitative estimate of drug-likeness (QED) is 0.562. The van der Waals surface area contributed by atoms with Crippen molar-refractivity contribution in [3.63, 3.8) is 0 Å². The summed E-state index contributed by atoms with van der Waals surface area (Å²) in [4.78, 5) is 16.3. The van der Waals surface area contributed by atoms with E-state index in [1.165, 1.54) is 6.08 Å². The van der Waals surface area contributed by atoms with Crippen LogP contribution in [0, 0.1) is 0 Å². The number of ether oxygens (including phenoxy) is 2. The van der Waals surface area contributed by atoms with Gasteiger partial charge in [0.15, 0.2) is 0 Å². The van der Waals surface area contributed by atoms with Crippen molar-refractivity contribution in [3.05, 3.63) is 95.8 Å². The van der Waals surface area contributed by atoms with Crippen molar-refractivity contribution in [1.82, 2.24) is 10.3 Å². The number of para-hydroxylation sites is 1. The fourth-order valence-electron chi connectivity index (χ4n) is 2.78. The summed E-state index contributed by atoms with van der Waals surface area (Å²) in [5.74, 6) is 1.46. The fourth-order valence-corrected chi connectivity index (χ4v) is 2.78. The van der Waals surface area contributed by atoms with E-state index >= 15 is 0 Å². The largest absolute Gasteiger partial charge is 0.496 e. The van der Waals surface area contributed by atoms with Crippen LogP contribution < -0.4 is 14.8 Å². The SMILES string of the molecule is COc1ccccc1CCNC(=O)/C=C/c1ccc(OCc2ccccn2)cc1. The van der Waals surface area contributed by atoms with Gasteiger partial charge < -0.3 is 14.8 Å². The molecule has 29 heavy (non-hydrogen) atoms. The molecule has 0 aliphatic carbocycles. The summed E-state index contributed by atoms with van der Waals surface area (Å²) in [6, 6.07) is 21.1. The molecule has 0 aliphatic heterocycles. The summed E-state index contributed by atoms with van der Waals surface area (Å²) in [5.41, 5.74) is 2.87. The van der Waals surface area contributed by atoms with Crippen LogP contribution in [0.3, 0.4) is 0 Å². The van der Waals surface area contributed by atoms with Crippen LogP contribution in [0.2, 0.25) is 0 Å². The van der Waals surface area contributed by atoms with Crippen LogP contribution in [0.1, 0.15) is 16.8 Å². The van der Waals surface area contributed by atoms with Crippen LogP contribution in [-0.2, 0) is 17.8 Å². The summed E-state index contributed by atoms with van der Waals surface area (Å²) in [6.45, 7) is 0.967. The Balaban J connectivity index is 1.43. The van der Waals surface area contributed by atoms with Gasteiger partial charge in [0.2, 0.25) is 5.91 Å². The molecule has 0 fully saturated rings. The molecule has 1 heterocycles. The molecule has 0 radical (unpaired) electrons. The van der Waals surface area contributed by atoms with E-state index in [-0.39, 0.29) is 5.91 Å². The number of amides is 1. The highest BCUT2D eigenvalue weighted by molar-refractivity contribution is 5.91. The molecule has 2 aromatic carbocycles.